The fourth-order valence-electron chi connectivity index (χ4n) is 2.37. The van der Waals surface area contributed by atoms with E-state index in [1.807, 2.05) is 29.2 Å². The molecule has 0 aromatic heterocycles. The Balaban J connectivity index is 2.20. The molecule has 0 bridgehead atoms. The summed E-state index contributed by atoms with van der Waals surface area (Å²) >= 11 is 3.45. The molecule has 18 heavy (non-hydrogen) atoms. The molecular formula is C13H17BrN2O2. The largest absolute Gasteiger partial charge is 0.480 e. The predicted octanol–water partition coefficient (Wildman–Crippen LogP) is 1.87. The first-order chi connectivity index (χ1) is 8.59. The third kappa shape index (κ3) is 2.91. The quantitative estimate of drug-likeness (QED) is 0.894. The molecule has 1 aliphatic heterocycles. The number of carbonyl (C=O) groups is 1. The van der Waals surface area contributed by atoms with Crippen LogP contribution in [0.1, 0.15) is 18.5 Å². The third-order valence-corrected chi connectivity index (χ3v) is 3.89. The summed E-state index contributed by atoms with van der Waals surface area (Å²) in [5.74, 6) is -0.760. The van der Waals surface area contributed by atoms with Crippen LogP contribution in [0.25, 0.3) is 0 Å². The van der Waals surface area contributed by atoms with E-state index in [1.165, 1.54) is 0 Å². The van der Waals surface area contributed by atoms with E-state index in [-0.39, 0.29) is 6.04 Å². The van der Waals surface area contributed by atoms with Crippen LogP contribution in [-0.4, -0.2) is 41.7 Å². The fraction of sp³-hybridized carbons (Fsp3) is 0.462. The monoisotopic (exact) mass is 312 g/mol. The van der Waals surface area contributed by atoms with E-state index >= 15 is 0 Å². The average molecular weight is 313 g/mol. The van der Waals surface area contributed by atoms with Crippen molar-refractivity contribution in [2.24, 2.45) is 0 Å². The molecule has 0 saturated carbocycles. The van der Waals surface area contributed by atoms with Crippen LogP contribution in [-0.2, 0) is 4.79 Å². The number of nitrogens with zero attached hydrogens (tertiary/aromatic N) is 1. The first kappa shape index (κ1) is 13.5. The Bertz CT molecular complexity index is 439. The normalized spacial score (nSPS) is 22.7. The van der Waals surface area contributed by atoms with E-state index in [9.17, 15) is 9.90 Å². The molecule has 2 rings (SSSR count). The van der Waals surface area contributed by atoms with Crippen molar-refractivity contribution < 1.29 is 9.90 Å². The molecule has 2 atom stereocenters. The molecule has 2 unspecified atom stereocenters. The number of hydrogen-bond acceptors (Lipinski definition) is 3. The molecule has 1 aromatic rings. The number of aliphatic carboxylic acids is 1. The van der Waals surface area contributed by atoms with Gasteiger partial charge in [-0.3, -0.25) is 9.69 Å². The smallest absolute Gasteiger partial charge is 0.322 e. The summed E-state index contributed by atoms with van der Waals surface area (Å²) in [4.78, 5) is 13.3. The van der Waals surface area contributed by atoms with Crippen LogP contribution in [0.4, 0.5) is 0 Å². The van der Waals surface area contributed by atoms with E-state index in [0.717, 1.165) is 23.1 Å². The Hall–Kier alpha value is -0.910. The second-order valence-electron chi connectivity index (χ2n) is 4.53. The van der Waals surface area contributed by atoms with Crippen molar-refractivity contribution in [3.05, 3.63) is 34.3 Å². The van der Waals surface area contributed by atoms with Crippen LogP contribution in [0.5, 0.6) is 0 Å². The molecule has 5 heteroatoms. The van der Waals surface area contributed by atoms with Crippen LogP contribution < -0.4 is 5.32 Å². The summed E-state index contributed by atoms with van der Waals surface area (Å²) in [5.41, 5.74) is 1.14. The second kappa shape index (κ2) is 5.82. The first-order valence-corrected chi connectivity index (χ1v) is 6.83. The molecule has 1 heterocycles. The van der Waals surface area contributed by atoms with E-state index < -0.39 is 12.0 Å². The lowest BCUT2D eigenvalue weighted by Crippen LogP contribution is -2.55. The van der Waals surface area contributed by atoms with Crippen molar-refractivity contribution in [2.75, 3.05) is 19.6 Å². The summed E-state index contributed by atoms with van der Waals surface area (Å²) in [6.07, 6.45) is 0. The third-order valence-electron chi connectivity index (χ3n) is 3.40. The van der Waals surface area contributed by atoms with Crippen LogP contribution in [0.15, 0.2) is 28.7 Å². The minimum atomic E-state index is -0.760. The van der Waals surface area contributed by atoms with Crippen LogP contribution in [0.2, 0.25) is 0 Å². The molecule has 1 saturated heterocycles. The molecule has 2 N–H and O–H groups in total. The Morgan fingerprint density at radius 3 is 3.06 bits per heavy atom. The molecule has 0 amide bonds. The Morgan fingerprint density at radius 1 is 1.61 bits per heavy atom. The highest BCUT2D eigenvalue weighted by atomic mass is 79.9. The van der Waals surface area contributed by atoms with Gasteiger partial charge in [-0.05, 0) is 24.6 Å². The number of benzene rings is 1. The topological polar surface area (TPSA) is 52.6 Å². The van der Waals surface area contributed by atoms with Crippen molar-refractivity contribution in [3.63, 3.8) is 0 Å². The fourth-order valence-corrected chi connectivity index (χ4v) is 2.79. The number of piperazine rings is 1. The first-order valence-electron chi connectivity index (χ1n) is 6.04. The summed E-state index contributed by atoms with van der Waals surface area (Å²) in [6, 6.07) is 7.69. The maximum atomic E-state index is 11.3. The van der Waals surface area contributed by atoms with Crippen LogP contribution in [0, 0.1) is 0 Å². The van der Waals surface area contributed by atoms with Gasteiger partial charge in [0.25, 0.3) is 0 Å². The van der Waals surface area contributed by atoms with Gasteiger partial charge in [0.15, 0.2) is 0 Å². The average Bonchev–Trinajstić information content (AvgIpc) is 2.38. The molecule has 0 spiro atoms. The molecular weight excluding hydrogens is 296 g/mol. The van der Waals surface area contributed by atoms with Crippen LogP contribution in [0.3, 0.4) is 0 Å². The van der Waals surface area contributed by atoms with Gasteiger partial charge in [0.05, 0.1) is 0 Å². The molecule has 0 aliphatic carbocycles. The molecule has 1 fully saturated rings. The zero-order valence-corrected chi connectivity index (χ0v) is 11.9. The van der Waals surface area contributed by atoms with Gasteiger partial charge in [0.1, 0.15) is 6.04 Å². The summed E-state index contributed by atoms with van der Waals surface area (Å²) in [7, 11) is 0. The number of carboxylic acid groups (broad SMARTS) is 1. The van der Waals surface area contributed by atoms with Crippen molar-refractivity contribution >= 4 is 21.9 Å². The van der Waals surface area contributed by atoms with Crippen molar-refractivity contribution in [2.45, 2.75) is 19.0 Å². The maximum Gasteiger partial charge on any atom is 0.322 e. The zero-order chi connectivity index (χ0) is 13.1. The predicted molar refractivity (Wildman–Crippen MR) is 73.6 cm³/mol. The number of carboxylic acids is 1. The molecule has 98 valence electrons. The Morgan fingerprint density at radius 2 is 2.39 bits per heavy atom. The molecule has 4 nitrogen and oxygen atoms in total. The highest BCUT2D eigenvalue weighted by Gasteiger charge is 2.32. The number of hydrogen-bond donors (Lipinski definition) is 2. The lowest BCUT2D eigenvalue weighted by atomic mass is 10.0. The van der Waals surface area contributed by atoms with E-state index in [2.05, 4.69) is 28.2 Å². The highest BCUT2D eigenvalue weighted by molar-refractivity contribution is 9.10. The van der Waals surface area contributed by atoms with E-state index in [4.69, 9.17) is 0 Å². The van der Waals surface area contributed by atoms with Gasteiger partial charge in [-0.25, -0.2) is 0 Å². The van der Waals surface area contributed by atoms with E-state index in [1.54, 1.807) is 0 Å². The number of halogens is 1. The summed E-state index contributed by atoms with van der Waals surface area (Å²) in [5, 5.41) is 12.4. The van der Waals surface area contributed by atoms with Gasteiger partial charge in [-0.1, -0.05) is 28.1 Å². The minimum Gasteiger partial charge on any atom is -0.480 e. The van der Waals surface area contributed by atoms with Crippen molar-refractivity contribution in [1.82, 2.24) is 10.2 Å². The van der Waals surface area contributed by atoms with Crippen molar-refractivity contribution in [3.8, 4) is 0 Å². The number of nitrogens with one attached hydrogen (secondary N) is 1. The second-order valence-corrected chi connectivity index (χ2v) is 5.44. The summed E-state index contributed by atoms with van der Waals surface area (Å²) < 4.78 is 1.02. The minimum absolute atomic E-state index is 0.103. The van der Waals surface area contributed by atoms with E-state index in [0.29, 0.717) is 6.54 Å². The summed E-state index contributed by atoms with van der Waals surface area (Å²) in [6.45, 7) is 4.16. The van der Waals surface area contributed by atoms with Gasteiger partial charge in [0.2, 0.25) is 0 Å². The van der Waals surface area contributed by atoms with Crippen molar-refractivity contribution in [1.29, 1.82) is 0 Å². The molecule has 0 radical (unpaired) electrons. The lowest BCUT2D eigenvalue weighted by molar-refractivity contribution is -0.145. The van der Waals surface area contributed by atoms with Gasteiger partial charge < -0.3 is 10.4 Å². The van der Waals surface area contributed by atoms with Gasteiger partial charge in [-0.15, -0.1) is 0 Å². The Kier molecular flexibility index (Phi) is 4.37. The van der Waals surface area contributed by atoms with Crippen LogP contribution >= 0.6 is 15.9 Å². The van der Waals surface area contributed by atoms with Gasteiger partial charge in [0, 0.05) is 30.1 Å². The molecule has 1 aliphatic rings. The zero-order valence-electron chi connectivity index (χ0n) is 10.3. The van der Waals surface area contributed by atoms with Gasteiger partial charge >= 0.3 is 5.97 Å². The molecule has 1 aromatic carbocycles. The number of rotatable bonds is 3. The standard InChI is InChI=1S/C13H17BrN2O2/c1-9(10-3-2-4-11(14)7-10)16-6-5-15-8-12(16)13(17)18/h2-4,7,9,12,15H,5-6,8H2,1H3,(H,17,18). The highest BCUT2D eigenvalue weighted by Crippen LogP contribution is 2.25. The SMILES string of the molecule is CC(c1cccc(Br)c1)N1CCNCC1C(=O)O. The maximum absolute atomic E-state index is 11.3. The lowest BCUT2D eigenvalue weighted by Gasteiger charge is -2.38. The Labute approximate surface area is 115 Å². The van der Waals surface area contributed by atoms with Gasteiger partial charge in [-0.2, -0.15) is 0 Å².